The van der Waals surface area contributed by atoms with E-state index in [2.05, 4.69) is 39.0 Å². The molecule has 2 nitrogen and oxygen atoms in total. The molecule has 0 saturated heterocycles. The van der Waals surface area contributed by atoms with Crippen LogP contribution in [0.15, 0.2) is 18.2 Å². The molecule has 1 rings (SSSR count). The van der Waals surface area contributed by atoms with Gasteiger partial charge in [-0.2, -0.15) is 0 Å². The van der Waals surface area contributed by atoms with Crippen molar-refractivity contribution in [2.75, 3.05) is 0 Å². The Morgan fingerprint density at radius 1 is 1.40 bits per heavy atom. The lowest BCUT2D eigenvalue weighted by Gasteiger charge is -2.14. The molecule has 0 heterocycles. The van der Waals surface area contributed by atoms with Gasteiger partial charge in [-0.15, -0.1) is 0 Å². The van der Waals surface area contributed by atoms with Crippen molar-refractivity contribution in [3.05, 3.63) is 34.9 Å². The summed E-state index contributed by atoms with van der Waals surface area (Å²) in [5.41, 5.74) is 3.77. The van der Waals surface area contributed by atoms with Gasteiger partial charge in [0, 0.05) is 6.42 Å². The highest BCUT2D eigenvalue weighted by Crippen LogP contribution is 2.24. The van der Waals surface area contributed by atoms with Gasteiger partial charge in [0.25, 0.3) is 0 Å². The van der Waals surface area contributed by atoms with Crippen LogP contribution >= 0.6 is 0 Å². The smallest absolute Gasteiger partial charge is 0.303 e. The second-order valence-corrected chi connectivity index (χ2v) is 4.19. The summed E-state index contributed by atoms with van der Waals surface area (Å²) < 4.78 is 0. The number of carbonyl (C=O) groups is 1. The zero-order chi connectivity index (χ0) is 11.4. The van der Waals surface area contributed by atoms with Crippen LogP contribution in [-0.4, -0.2) is 11.1 Å². The second kappa shape index (κ2) is 4.96. The normalized spacial score (nSPS) is 12.5. The molecule has 1 unspecified atom stereocenters. The van der Waals surface area contributed by atoms with Crippen molar-refractivity contribution in [3.8, 4) is 0 Å². The average Bonchev–Trinajstić information content (AvgIpc) is 2.14. The topological polar surface area (TPSA) is 37.3 Å². The lowest BCUT2D eigenvalue weighted by Crippen LogP contribution is -2.01. The average molecular weight is 206 g/mol. The summed E-state index contributed by atoms with van der Waals surface area (Å²) >= 11 is 0. The third-order valence-corrected chi connectivity index (χ3v) is 2.75. The van der Waals surface area contributed by atoms with E-state index in [1.807, 2.05) is 0 Å². The van der Waals surface area contributed by atoms with Crippen molar-refractivity contribution < 1.29 is 9.90 Å². The summed E-state index contributed by atoms with van der Waals surface area (Å²) in [6.45, 7) is 6.24. The highest BCUT2D eigenvalue weighted by atomic mass is 16.4. The molecule has 0 bridgehead atoms. The van der Waals surface area contributed by atoms with E-state index in [1.54, 1.807) is 0 Å². The minimum atomic E-state index is -0.716. The fraction of sp³-hybridized carbons (Fsp3) is 0.462. The fourth-order valence-corrected chi connectivity index (χ4v) is 1.87. The van der Waals surface area contributed by atoms with Crippen LogP contribution < -0.4 is 0 Å². The molecule has 0 aromatic heterocycles. The highest BCUT2D eigenvalue weighted by Gasteiger charge is 2.10. The van der Waals surface area contributed by atoms with Gasteiger partial charge in [-0.25, -0.2) is 0 Å². The molecule has 0 amide bonds. The Balaban J connectivity index is 2.73. The molecule has 1 N–H and O–H groups in total. The van der Waals surface area contributed by atoms with Crippen LogP contribution in [0.4, 0.5) is 0 Å². The first-order chi connectivity index (χ1) is 7.00. The summed E-state index contributed by atoms with van der Waals surface area (Å²) in [6.07, 6.45) is 0.952. The van der Waals surface area contributed by atoms with Gasteiger partial charge in [0.15, 0.2) is 0 Å². The van der Waals surface area contributed by atoms with Crippen molar-refractivity contribution in [2.45, 2.75) is 39.5 Å². The molecule has 1 aromatic carbocycles. The minimum Gasteiger partial charge on any atom is -0.481 e. The Kier molecular flexibility index (Phi) is 3.89. The van der Waals surface area contributed by atoms with E-state index >= 15 is 0 Å². The Labute approximate surface area is 90.9 Å². The van der Waals surface area contributed by atoms with E-state index in [1.165, 1.54) is 16.7 Å². The van der Waals surface area contributed by atoms with Gasteiger partial charge in [-0.1, -0.05) is 30.7 Å². The number of aliphatic carboxylic acids is 1. The second-order valence-electron chi connectivity index (χ2n) is 4.19. The number of benzene rings is 1. The predicted molar refractivity (Wildman–Crippen MR) is 61.2 cm³/mol. The van der Waals surface area contributed by atoms with Gasteiger partial charge >= 0.3 is 5.97 Å². The predicted octanol–water partition coefficient (Wildman–Crippen LogP) is 3.27. The highest BCUT2D eigenvalue weighted by molar-refractivity contribution is 5.66. The molecular weight excluding hydrogens is 188 g/mol. The van der Waals surface area contributed by atoms with Gasteiger partial charge in [0.1, 0.15) is 0 Å². The van der Waals surface area contributed by atoms with E-state index in [0.717, 1.165) is 0 Å². The maximum absolute atomic E-state index is 10.5. The zero-order valence-corrected chi connectivity index (χ0v) is 9.58. The van der Waals surface area contributed by atoms with Crippen LogP contribution in [0.1, 0.15) is 42.4 Å². The number of rotatable bonds is 4. The molecule has 1 atom stereocenters. The standard InChI is InChI=1S/C13H18O2/c1-9-4-6-12(11(3)8-9)10(2)5-7-13(14)15/h4,6,8,10H,5,7H2,1-3H3,(H,14,15). The first-order valence-electron chi connectivity index (χ1n) is 5.29. The van der Waals surface area contributed by atoms with Crippen molar-refractivity contribution in [3.63, 3.8) is 0 Å². The molecule has 15 heavy (non-hydrogen) atoms. The molecule has 0 radical (unpaired) electrons. The summed E-state index contributed by atoms with van der Waals surface area (Å²) in [5, 5.41) is 8.62. The Morgan fingerprint density at radius 3 is 2.60 bits per heavy atom. The lowest BCUT2D eigenvalue weighted by molar-refractivity contribution is -0.137. The van der Waals surface area contributed by atoms with Crippen LogP contribution in [0.5, 0.6) is 0 Å². The SMILES string of the molecule is Cc1ccc(C(C)CCC(=O)O)c(C)c1. The van der Waals surface area contributed by atoms with Crippen LogP contribution in [0, 0.1) is 13.8 Å². The van der Waals surface area contributed by atoms with Gasteiger partial charge in [0.05, 0.1) is 0 Å². The Morgan fingerprint density at radius 2 is 2.07 bits per heavy atom. The van der Waals surface area contributed by atoms with Gasteiger partial charge in [-0.3, -0.25) is 4.79 Å². The maximum atomic E-state index is 10.5. The van der Waals surface area contributed by atoms with Gasteiger partial charge < -0.3 is 5.11 Å². The number of hydrogen-bond donors (Lipinski definition) is 1. The molecule has 0 spiro atoms. The summed E-state index contributed by atoms with van der Waals surface area (Å²) in [4.78, 5) is 10.5. The largest absolute Gasteiger partial charge is 0.481 e. The molecular formula is C13H18O2. The molecule has 0 aliphatic heterocycles. The Bertz CT molecular complexity index is 356. The molecule has 0 fully saturated rings. The first-order valence-corrected chi connectivity index (χ1v) is 5.29. The maximum Gasteiger partial charge on any atom is 0.303 e. The quantitative estimate of drug-likeness (QED) is 0.820. The van der Waals surface area contributed by atoms with E-state index in [4.69, 9.17) is 5.11 Å². The number of carboxylic acids is 1. The lowest BCUT2D eigenvalue weighted by atomic mass is 9.91. The van der Waals surface area contributed by atoms with Crippen LogP contribution in [0.2, 0.25) is 0 Å². The van der Waals surface area contributed by atoms with E-state index in [0.29, 0.717) is 12.3 Å². The van der Waals surface area contributed by atoms with Crippen molar-refractivity contribution >= 4 is 5.97 Å². The first kappa shape index (κ1) is 11.8. The summed E-state index contributed by atoms with van der Waals surface area (Å²) in [7, 11) is 0. The van der Waals surface area contributed by atoms with E-state index < -0.39 is 5.97 Å². The van der Waals surface area contributed by atoms with Crippen LogP contribution in [0.3, 0.4) is 0 Å². The molecule has 0 aliphatic carbocycles. The molecule has 1 aromatic rings. The van der Waals surface area contributed by atoms with Crippen molar-refractivity contribution in [1.82, 2.24) is 0 Å². The van der Waals surface area contributed by atoms with Crippen molar-refractivity contribution in [2.24, 2.45) is 0 Å². The third kappa shape index (κ3) is 3.39. The fourth-order valence-electron chi connectivity index (χ4n) is 1.87. The van der Waals surface area contributed by atoms with Gasteiger partial charge in [0.2, 0.25) is 0 Å². The molecule has 0 saturated carbocycles. The molecule has 2 heteroatoms. The minimum absolute atomic E-state index is 0.245. The molecule has 0 aliphatic rings. The number of aryl methyl sites for hydroxylation is 2. The summed E-state index contributed by atoms with van der Waals surface area (Å²) in [5.74, 6) is -0.395. The van der Waals surface area contributed by atoms with E-state index in [-0.39, 0.29) is 6.42 Å². The van der Waals surface area contributed by atoms with Crippen molar-refractivity contribution in [1.29, 1.82) is 0 Å². The van der Waals surface area contributed by atoms with E-state index in [9.17, 15) is 4.79 Å². The molecule has 82 valence electrons. The zero-order valence-electron chi connectivity index (χ0n) is 9.58. The van der Waals surface area contributed by atoms with Crippen LogP contribution in [0.25, 0.3) is 0 Å². The summed E-state index contributed by atoms with van der Waals surface area (Å²) in [6, 6.07) is 6.34. The van der Waals surface area contributed by atoms with Crippen LogP contribution in [-0.2, 0) is 4.79 Å². The van der Waals surface area contributed by atoms with Gasteiger partial charge in [-0.05, 0) is 37.3 Å². The Hall–Kier alpha value is -1.31. The number of carboxylic acid groups (broad SMARTS) is 1. The number of hydrogen-bond acceptors (Lipinski definition) is 1. The monoisotopic (exact) mass is 206 g/mol. The third-order valence-electron chi connectivity index (χ3n) is 2.75.